The normalized spacial score (nSPS) is 12.5. The number of para-hydroxylation sites is 1. The zero-order valence-electron chi connectivity index (χ0n) is 15.3. The highest BCUT2D eigenvalue weighted by Crippen LogP contribution is 2.25. The Morgan fingerprint density at radius 3 is 2.35 bits per heavy atom. The first-order valence-electron chi connectivity index (χ1n) is 8.29. The van der Waals surface area contributed by atoms with E-state index in [0.717, 1.165) is 33.8 Å². The van der Waals surface area contributed by atoms with Crippen LogP contribution in [0.1, 0.15) is 25.0 Å². The Labute approximate surface area is 160 Å². The number of aryl methyl sites for hydroxylation is 2. The van der Waals surface area contributed by atoms with E-state index < -0.39 is 22.0 Å². The molecule has 0 aliphatic heterocycles. The van der Waals surface area contributed by atoms with Crippen LogP contribution in [0.2, 0.25) is 5.02 Å². The average molecular weight is 395 g/mol. The van der Waals surface area contributed by atoms with Crippen molar-refractivity contribution in [3.63, 3.8) is 0 Å². The van der Waals surface area contributed by atoms with Crippen LogP contribution in [0.3, 0.4) is 0 Å². The second-order valence-electron chi connectivity index (χ2n) is 6.16. The Bertz CT molecular complexity index is 896. The highest BCUT2D eigenvalue weighted by atomic mass is 35.5. The molecule has 2 rings (SSSR count). The third-order valence-electron chi connectivity index (χ3n) is 4.16. The maximum Gasteiger partial charge on any atom is 0.248 e. The fraction of sp³-hybridized carbons (Fsp3) is 0.316. The molecule has 7 heteroatoms. The molecule has 1 N–H and O–H groups in total. The van der Waals surface area contributed by atoms with Crippen LogP contribution in [0.5, 0.6) is 0 Å². The quantitative estimate of drug-likeness (QED) is 0.805. The number of carbonyl (C=O) groups excluding carboxylic acids is 1. The predicted molar refractivity (Wildman–Crippen MR) is 107 cm³/mol. The van der Waals surface area contributed by atoms with E-state index in [1.807, 2.05) is 32.0 Å². The van der Waals surface area contributed by atoms with Crippen LogP contribution in [-0.2, 0) is 21.2 Å². The summed E-state index contributed by atoms with van der Waals surface area (Å²) in [6.45, 7) is 5.48. The summed E-state index contributed by atoms with van der Waals surface area (Å²) >= 11 is 5.88. The lowest BCUT2D eigenvalue weighted by molar-refractivity contribution is -0.116. The molecule has 0 fully saturated rings. The molecule has 1 atom stereocenters. The molecule has 1 amide bonds. The van der Waals surface area contributed by atoms with Gasteiger partial charge in [-0.1, -0.05) is 36.7 Å². The Hall–Kier alpha value is -2.05. The molecule has 26 heavy (non-hydrogen) atoms. The fourth-order valence-electron chi connectivity index (χ4n) is 2.83. The number of amides is 1. The molecular weight excluding hydrogens is 372 g/mol. The van der Waals surface area contributed by atoms with Gasteiger partial charge < -0.3 is 5.32 Å². The number of carbonyl (C=O) groups is 1. The minimum absolute atomic E-state index is 0.389. The van der Waals surface area contributed by atoms with Crippen molar-refractivity contribution in [3.05, 3.63) is 58.6 Å². The van der Waals surface area contributed by atoms with Crippen molar-refractivity contribution >= 4 is 38.9 Å². The van der Waals surface area contributed by atoms with Gasteiger partial charge in [0.2, 0.25) is 15.9 Å². The monoisotopic (exact) mass is 394 g/mol. The molecule has 0 saturated carbocycles. The molecule has 0 spiro atoms. The minimum atomic E-state index is -3.66. The van der Waals surface area contributed by atoms with Gasteiger partial charge in [-0.3, -0.25) is 9.10 Å². The Morgan fingerprint density at radius 2 is 1.81 bits per heavy atom. The molecule has 0 radical (unpaired) electrons. The van der Waals surface area contributed by atoms with Crippen molar-refractivity contribution in [1.82, 2.24) is 0 Å². The van der Waals surface area contributed by atoms with Crippen LogP contribution >= 0.6 is 11.6 Å². The van der Waals surface area contributed by atoms with Gasteiger partial charge in [-0.2, -0.15) is 0 Å². The largest absolute Gasteiger partial charge is 0.324 e. The molecule has 140 valence electrons. The number of hydrogen-bond donors (Lipinski definition) is 1. The summed E-state index contributed by atoms with van der Waals surface area (Å²) in [6, 6.07) is 11.2. The molecule has 0 heterocycles. The summed E-state index contributed by atoms with van der Waals surface area (Å²) in [5.74, 6) is -0.394. The lowest BCUT2D eigenvalue weighted by atomic mass is 10.1. The molecule has 5 nitrogen and oxygen atoms in total. The molecule has 2 aromatic carbocycles. The van der Waals surface area contributed by atoms with Gasteiger partial charge in [-0.15, -0.1) is 0 Å². The third kappa shape index (κ3) is 4.56. The van der Waals surface area contributed by atoms with Gasteiger partial charge in [0, 0.05) is 10.7 Å². The van der Waals surface area contributed by atoms with Crippen molar-refractivity contribution < 1.29 is 13.2 Å². The third-order valence-corrected chi connectivity index (χ3v) is 5.65. The van der Waals surface area contributed by atoms with Crippen molar-refractivity contribution in [2.45, 2.75) is 33.2 Å². The summed E-state index contributed by atoms with van der Waals surface area (Å²) < 4.78 is 25.7. The first-order valence-corrected chi connectivity index (χ1v) is 10.5. The van der Waals surface area contributed by atoms with Gasteiger partial charge in [0.25, 0.3) is 0 Å². The molecule has 0 aromatic heterocycles. The second kappa shape index (κ2) is 8.10. The molecule has 0 bridgehead atoms. The topological polar surface area (TPSA) is 66.5 Å². The number of benzene rings is 2. The second-order valence-corrected chi connectivity index (χ2v) is 8.46. The SMILES string of the molecule is CCc1cccc(C)c1NC(=O)[C@@H](C)N(c1ccc(Cl)cc1)S(C)(=O)=O. The predicted octanol–water partition coefficient (Wildman–Crippen LogP) is 4.00. The van der Waals surface area contributed by atoms with Crippen molar-refractivity contribution in [1.29, 1.82) is 0 Å². The summed E-state index contributed by atoms with van der Waals surface area (Å²) in [5, 5.41) is 3.38. The number of halogens is 1. The average Bonchev–Trinajstić information content (AvgIpc) is 2.57. The summed E-state index contributed by atoms with van der Waals surface area (Å²) in [6.07, 6.45) is 1.84. The highest BCUT2D eigenvalue weighted by Gasteiger charge is 2.29. The molecule has 0 aliphatic rings. The number of hydrogen-bond acceptors (Lipinski definition) is 3. The summed E-state index contributed by atoms with van der Waals surface area (Å²) in [5.41, 5.74) is 3.06. The van der Waals surface area contributed by atoms with Gasteiger partial charge in [0.05, 0.1) is 11.9 Å². The first-order chi connectivity index (χ1) is 12.1. The fourth-order valence-corrected chi connectivity index (χ4v) is 4.13. The highest BCUT2D eigenvalue weighted by molar-refractivity contribution is 7.92. The van der Waals surface area contributed by atoms with Crippen molar-refractivity contribution in [2.75, 3.05) is 15.9 Å². The van der Waals surface area contributed by atoms with Crippen LogP contribution in [-0.4, -0.2) is 26.6 Å². The van der Waals surface area contributed by atoms with E-state index in [1.54, 1.807) is 31.2 Å². The lowest BCUT2D eigenvalue weighted by Crippen LogP contribution is -2.45. The Kier molecular flexibility index (Phi) is 6.31. The smallest absolute Gasteiger partial charge is 0.248 e. The molecule has 0 aliphatic carbocycles. The molecule has 0 unspecified atom stereocenters. The molecular formula is C19H23ClN2O3S. The summed E-state index contributed by atoms with van der Waals surface area (Å²) in [7, 11) is -3.66. The minimum Gasteiger partial charge on any atom is -0.324 e. The molecule has 2 aromatic rings. The van der Waals surface area contributed by atoms with E-state index >= 15 is 0 Å². The Morgan fingerprint density at radius 1 is 1.19 bits per heavy atom. The van der Waals surface area contributed by atoms with Gasteiger partial charge in [-0.25, -0.2) is 8.42 Å². The maximum atomic E-state index is 12.8. The van der Waals surface area contributed by atoms with E-state index in [1.165, 1.54) is 0 Å². The van der Waals surface area contributed by atoms with Crippen LogP contribution < -0.4 is 9.62 Å². The van der Waals surface area contributed by atoms with E-state index in [2.05, 4.69) is 5.32 Å². The Balaban J connectivity index is 2.36. The zero-order chi connectivity index (χ0) is 19.5. The van der Waals surface area contributed by atoms with Crippen LogP contribution in [0.25, 0.3) is 0 Å². The van der Waals surface area contributed by atoms with E-state index in [9.17, 15) is 13.2 Å². The van der Waals surface area contributed by atoms with Gasteiger partial charge in [-0.05, 0) is 55.7 Å². The lowest BCUT2D eigenvalue weighted by Gasteiger charge is -2.28. The standard InChI is InChI=1S/C19H23ClN2O3S/c1-5-15-8-6-7-13(2)18(15)21-19(23)14(3)22(26(4,24)25)17-11-9-16(20)10-12-17/h6-12,14H,5H2,1-4H3,(H,21,23)/t14-/m1/s1. The van der Waals surface area contributed by atoms with Gasteiger partial charge in [0.15, 0.2) is 0 Å². The van der Waals surface area contributed by atoms with E-state index in [4.69, 9.17) is 11.6 Å². The zero-order valence-corrected chi connectivity index (χ0v) is 16.9. The first kappa shape index (κ1) is 20.3. The van der Waals surface area contributed by atoms with Gasteiger partial charge >= 0.3 is 0 Å². The van der Waals surface area contributed by atoms with Crippen LogP contribution in [0.15, 0.2) is 42.5 Å². The number of sulfonamides is 1. The van der Waals surface area contributed by atoms with Gasteiger partial charge in [0.1, 0.15) is 6.04 Å². The van der Waals surface area contributed by atoms with E-state index in [0.29, 0.717) is 10.7 Å². The van der Waals surface area contributed by atoms with Crippen LogP contribution in [0, 0.1) is 6.92 Å². The van der Waals surface area contributed by atoms with Crippen LogP contribution in [0.4, 0.5) is 11.4 Å². The van der Waals surface area contributed by atoms with E-state index in [-0.39, 0.29) is 0 Å². The number of anilines is 2. The van der Waals surface area contributed by atoms with Crippen molar-refractivity contribution in [3.8, 4) is 0 Å². The number of nitrogens with one attached hydrogen (secondary N) is 1. The molecule has 0 saturated heterocycles. The number of rotatable bonds is 6. The summed E-state index contributed by atoms with van der Waals surface area (Å²) in [4.78, 5) is 12.8. The number of nitrogens with zero attached hydrogens (tertiary/aromatic N) is 1. The van der Waals surface area contributed by atoms with Crippen molar-refractivity contribution in [2.24, 2.45) is 0 Å². The maximum absolute atomic E-state index is 12.8.